The van der Waals surface area contributed by atoms with Crippen LogP contribution >= 0.6 is 0 Å². The number of nitrogens with zero attached hydrogens (tertiary/aromatic N) is 2. The van der Waals surface area contributed by atoms with Crippen molar-refractivity contribution in [2.75, 3.05) is 39.4 Å². The van der Waals surface area contributed by atoms with Gasteiger partial charge in [-0.1, -0.05) is 0 Å². The lowest BCUT2D eigenvalue weighted by Crippen LogP contribution is -2.41. The Balaban J connectivity index is 4.17. The molecular formula is C15H34N4O. The van der Waals surface area contributed by atoms with Gasteiger partial charge in [-0.15, -0.1) is 0 Å². The van der Waals surface area contributed by atoms with Crippen molar-refractivity contribution in [3.8, 4) is 0 Å². The molecule has 0 heterocycles. The number of hydrogen-bond donors (Lipinski definition) is 2. The Morgan fingerprint density at radius 3 is 2.25 bits per heavy atom. The number of aliphatic imine (C=N–C) groups is 1. The molecule has 0 aliphatic heterocycles. The quantitative estimate of drug-likeness (QED) is 0.364. The van der Waals surface area contributed by atoms with Crippen LogP contribution in [0.25, 0.3) is 0 Å². The average molecular weight is 286 g/mol. The third-order valence-corrected chi connectivity index (χ3v) is 3.04. The fourth-order valence-electron chi connectivity index (χ4n) is 2.12. The van der Waals surface area contributed by atoms with Crippen LogP contribution in [-0.2, 0) is 4.74 Å². The highest BCUT2D eigenvalue weighted by molar-refractivity contribution is 5.79. The molecular weight excluding hydrogens is 252 g/mol. The summed E-state index contributed by atoms with van der Waals surface area (Å²) >= 11 is 0. The summed E-state index contributed by atoms with van der Waals surface area (Å²) in [6.45, 7) is 17.9. The standard InChI is InChI=1S/C15H34N4O/c1-7-16-15(18-10-12-20-8-2)17-9-11-19(13(3)4)14(5)6/h13-14H,7-12H2,1-6H3,(H2,16,17,18). The molecule has 0 spiro atoms. The second-order valence-corrected chi connectivity index (χ2v) is 5.31. The molecule has 0 radical (unpaired) electrons. The number of hydrogen-bond acceptors (Lipinski definition) is 3. The summed E-state index contributed by atoms with van der Waals surface area (Å²) in [6.07, 6.45) is 0. The predicted molar refractivity (Wildman–Crippen MR) is 87.5 cm³/mol. The number of ether oxygens (including phenoxy) is 1. The zero-order valence-electron chi connectivity index (χ0n) is 14.2. The van der Waals surface area contributed by atoms with Gasteiger partial charge >= 0.3 is 0 Å². The minimum absolute atomic E-state index is 0.554. The lowest BCUT2D eigenvalue weighted by molar-refractivity contribution is 0.152. The zero-order chi connectivity index (χ0) is 15.4. The van der Waals surface area contributed by atoms with Crippen LogP contribution in [0.1, 0.15) is 41.5 Å². The predicted octanol–water partition coefficient (Wildman–Crippen LogP) is 1.70. The van der Waals surface area contributed by atoms with E-state index in [0.29, 0.717) is 18.7 Å². The van der Waals surface area contributed by atoms with Gasteiger partial charge in [0.15, 0.2) is 5.96 Å². The van der Waals surface area contributed by atoms with Crippen molar-refractivity contribution in [1.29, 1.82) is 0 Å². The van der Waals surface area contributed by atoms with E-state index in [1.54, 1.807) is 0 Å². The maximum atomic E-state index is 5.31. The van der Waals surface area contributed by atoms with Gasteiger partial charge in [-0.2, -0.15) is 0 Å². The number of nitrogens with one attached hydrogen (secondary N) is 2. The molecule has 120 valence electrons. The first kappa shape index (κ1) is 19.2. The molecule has 0 aromatic carbocycles. The highest BCUT2D eigenvalue weighted by Crippen LogP contribution is 2.03. The van der Waals surface area contributed by atoms with Gasteiger partial charge in [-0.3, -0.25) is 9.89 Å². The van der Waals surface area contributed by atoms with Crippen LogP contribution in [-0.4, -0.2) is 62.3 Å². The minimum atomic E-state index is 0.554. The van der Waals surface area contributed by atoms with Crippen molar-refractivity contribution in [3.63, 3.8) is 0 Å². The van der Waals surface area contributed by atoms with Gasteiger partial charge in [0.25, 0.3) is 0 Å². The largest absolute Gasteiger partial charge is 0.380 e. The average Bonchev–Trinajstić information content (AvgIpc) is 2.38. The van der Waals surface area contributed by atoms with E-state index in [0.717, 1.165) is 38.7 Å². The monoisotopic (exact) mass is 286 g/mol. The first-order valence-corrected chi connectivity index (χ1v) is 7.88. The first-order chi connectivity index (χ1) is 9.52. The number of guanidine groups is 1. The molecule has 0 aliphatic carbocycles. The maximum absolute atomic E-state index is 5.31. The fraction of sp³-hybridized carbons (Fsp3) is 0.933. The van der Waals surface area contributed by atoms with E-state index in [4.69, 9.17) is 4.74 Å². The topological polar surface area (TPSA) is 48.9 Å². The van der Waals surface area contributed by atoms with Gasteiger partial charge in [0.2, 0.25) is 0 Å². The molecule has 5 nitrogen and oxygen atoms in total. The summed E-state index contributed by atoms with van der Waals surface area (Å²) in [6, 6.07) is 1.11. The van der Waals surface area contributed by atoms with Crippen LogP contribution in [0.15, 0.2) is 4.99 Å². The highest BCUT2D eigenvalue weighted by atomic mass is 16.5. The second kappa shape index (κ2) is 12.0. The molecule has 2 N–H and O–H groups in total. The van der Waals surface area contributed by atoms with E-state index in [2.05, 4.69) is 55.1 Å². The van der Waals surface area contributed by atoms with E-state index in [-0.39, 0.29) is 0 Å². The lowest BCUT2D eigenvalue weighted by Gasteiger charge is -2.29. The third kappa shape index (κ3) is 9.15. The van der Waals surface area contributed by atoms with E-state index < -0.39 is 0 Å². The number of rotatable bonds is 10. The molecule has 0 rings (SSSR count). The van der Waals surface area contributed by atoms with Crippen molar-refractivity contribution in [2.24, 2.45) is 4.99 Å². The van der Waals surface area contributed by atoms with Crippen LogP contribution in [0.5, 0.6) is 0 Å². The van der Waals surface area contributed by atoms with E-state index in [1.807, 2.05) is 6.92 Å². The van der Waals surface area contributed by atoms with Gasteiger partial charge < -0.3 is 15.4 Å². The first-order valence-electron chi connectivity index (χ1n) is 7.88. The summed E-state index contributed by atoms with van der Waals surface area (Å²) in [4.78, 5) is 7.06. The Hall–Kier alpha value is -0.810. The molecule has 20 heavy (non-hydrogen) atoms. The van der Waals surface area contributed by atoms with Crippen molar-refractivity contribution in [2.45, 2.75) is 53.6 Å². The molecule has 0 atom stereocenters. The fourth-order valence-corrected chi connectivity index (χ4v) is 2.12. The Morgan fingerprint density at radius 2 is 1.75 bits per heavy atom. The summed E-state index contributed by atoms with van der Waals surface area (Å²) in [5, 5.41) is 6.54. The van der Waals surface area contributed by atoms with Gasteiger partial charge in [-0.05, 0) is 41.5 Å². The van der Waals surface area contributed by atoms with Crippen LogP contribution in [0.3, 0.4) is 0 Å². The smallest absolute Gasteiger partial charge is 0.191 e. The van der Waals surface area contributed by atoms with Gasteiger partial charge in [-0.25, -0.2) is 0 Å². The zero-order valence-corrected chi connectivity index (χ0v) is 14.2. The molecule has 0 aromatic rings. The molecule has 0 saturated heterocycles. The Morgan fingerprint density at radius 1 is 1.10 bits per heavy atom. The molecule has 0 aliphatic rings. The maximum Gasteiger partial charge on any atom is 0.191 e. The molecule has 0 unspecified atom stereocenters. The van der Waals surface area contributed by atoms with Gasteiger partial charge in [0.05, 0.1) is 13.2 Å². The van der Waals surface area contributed by atoms with E-state index in [1.165, 1.54) is 0 Å². The Bertz CT molecular complexity index is 246. The summed E-state index contributed by atoms with van der Waals surface area (Å²) in [7, 11) is 0. The normalized spacial score (nSPS) is 12.6. The molecule has 0 fully saturated rings. The summed E-state index contributed by atoms with van der Waals surface area (Å²) in [5.74, 6) is 0.875. The lowest BCUT2D eigenvalue weighted by atomic mass is 10.2. The van der Waals surface area contributed by atoms with Gasteiger partial charge in [0, 0.05) is 38.3 Å². The van der Waals surface area contributed by atoms with Crippen LogP contribution in [0.4, 0.5) is 0 Å². The molecule has 0 bridgehead atoms. The Labute approximate surface area is 125 Å². The van der Waals surface area contributed by atoms with Crippen LogP contribution in [0, 0.1) is 0 Å². The Kier molecular flexibility index (Phi) is 11.5. The third-order valence-electron chi connectivity index (χ3n) is 3.04. The van der Waals surface area contributed by atoms with Gasteiger partial charge in [0.1, 0.15) is 0 Å². The van der Waals surface area contributed by atoms with E-state index in [9.17, 15) is 0 Å². The van der Waals surface area contributed by atoms with Crippen LogP contribution in [0.2, 0.25) is 0 Å². The second-order valence-electron chi connectivity index (χ2n) is 5.31. The van der Waals surface area contributed by atoms with Crippen LogP contribution < -0.4 is 10.6 Å². The molecule has 0 saturated carbocycles. The molecule has 5 heteroatoms. The SMILES string of the molecule is CCNC(=NCCN(C(C)C)C(C)C)NCCOCC. The van der Waals surface area contributed by atoms with Crippen molar-refractivity contribution < 1.29 is 4.74 Å². The highest BCUT2D eigenvalue weighted by Gasteiger charge is 2.12. The molecule has 0 aromatic heterocycles. The summed E-state index contributed by atoms with van der Waals surface area (Å²) in [5.41, 5.74) is 0. The van der Waals surface area contributed by atoms with E-state index >= 15 is 0 Å². The van der Waals surface area contributed by atoms with Crippen molar-refractivity contribution in [3.05, 3.63) is 0 Å². The van der Waals surface area contributed by atoms with Crippen molar-refractivity contribution in [1.82, 2.24) is 15.5 Å². The molecule has 0 amide bonds. The van der Waals surface area contributed by atoms with Crippen molar-refractivity contribution >= 4 is 5.96 Å². The minimum Gasteiger partial charge on any atom is -0.380 e. The summed E-state index contributed by atoms with van der Waals surface area (Å²) < 4.78 is 5.31.